The first kappa shape index (κ1) is 14.5. The van der Waals surface area contributed by atoms with E-state index in [0.717, 1.165) is 41.1 Å². The zero-order valence-electron chi connectivity index (χ0n) is 12.9. The maximum Gasteiger partial charge on any atom is 0.0968 e. The fourth-order valence-electron chi connectivity index (χ4n) is 2.51. The Morgan fingerprint density at radius 3 is 1.95 bits per heavy atom. The molecule has 3 rings (SSSR count). The van der Waals surface area contributed by atoms with Crippen LogP contribution in [0.1, 0.15) is 25.5 Å². The van der Waals surface area contributed by atoms with Crippen LogP contribution in [0.2, 0.25) is 0 Å². The van der Waals surface area contributed by atoms with Crippen LogP contribution in [0.15, 0.2) is 66.9 Å². The summed E-state index contributed by atoms with van der Waals surface area (Å²) in [6.45, 7) is 2.20. The van der Waals surface area contributed by atoms with Crippen LogP contribution in [0, 0.1) is 0 Å². The smallest absolute Gasteiger partial charge is 0.0968 e. The first-order valence-corrected chi connectivity index (χ1v) is 7.85. The van der Waals surface area contributed by atoms with Crippen LogP contribution >= 0.6 is 0 Å². The number of benzene rings is 2. The van der Waals surface area contributed by atoms with Crippen molar-refractivity contribution >= 4 is 0 Å². The largest absolute Gasteiger partial charge is 0.252 e. The van der Waals surface area contributed by atoms with Crippen molar-refractivity contribution in [3.05, 3.63) is 72.6 Å². The fraction of sp³-hybridized carbons (Fsp3) is 0.200. The topological polar surface area (TPSA) is 25.8 Å². The second-order valence-corrected chi connectivity index (χ2v) is 5.39. The van der Waals surface area contributed by atoms with Gasteiger partial charge in [0.25, 0.3) is 0 Å². The Labute approximate surface area is 131 Å². The zero-order valence-corrected chi connectivity index (χ0v) is 12.9. The van der Waals surface area contributed by atoms with Gasteiger partial charge in [0.05, 0.1) is 17.1 Å². The Morgan fingerprint density at radius 2 is 1.36 bits per heavy atom. The number of aromatic nitrogens is 2. The van der Waals surface area contributed by atoms with Gasteiger partial charge in [-0.25, -0.2) is 4.98 Å². The molecule has 0 fully saturated rings. The van der Waals surface area contributed by atoms with Crippen molar-refractivity contribution in [1.29, 1.82) is 0 Å². The molecule has 1 heterocycles. The lowest BCUT2D eigenvalue weighted by molar-refractivity contribution is 0.773. The van der Waals surface area contributed by atoms with Crippen LogP contribution in [0.25, 0.3) is 22.5 Å². The van der Waals surface area contributed by atoms with Crippen LogP contribution in [-0.2, 0) is 6.42 Å². The summed E-state index contributed by atoms with van der Waals surface area (Å²) in [5.74, 6) is 0. The molecule has 0 spiro atoms. The summed E-state index contributed by atoms with van der Waals surface area (Å²) >= 11 is 0. The molecule has 22 heavy (non-hydrogen) atoms. The fourth-order valence-corrected chi connectivity index (χ4v) is 2.51. The highest BCUT2D eigenvalue weighted by Gasteiger charge is 2.11. The van der Waals surface area contributed by atoms with Gasteiger partial charge in [-0.05, 0) is 12.8 Å². The minimum Gasteiger partial charge on any atom is -0.252 e. The predicted molar refractivity (Wildman–Crippen MR) is 91.5 cm³/mol. The number of unbranched alkanes of at least 4 members (excludes halogenated alkanes) is 1. The molecule has 0 radical (unpaired) electrons. The summed E-state index contributed by atoms with van der Waals surface area (Å²) in [5.41, 5.74) is 5.22. The quantitative estimate of drug-likeness (QED) is 0.648. The zero-order chi connectivity index (χ0) is 15.2. The third-order valence-corrected chi connectivity index (χ3v) is 3.70. The van der Waals surface area contributed by atoms with Crippen LogP contribution in [0.4, 0.5) is 0 Å². The summed E-state index contributed by atoms with van der Waals surface area (Å²) in [6, 6.07) is 20.6. The molecule has 110 valence electrons. The summed E-state index contributed by atoms with van der Waals surface area (Å²) in [5, 5.41) is 0. The maximum atomic E-state index is 4.89. The first-order valence-electron chi connectivity index (χ1n) is 7.85. The van der Waals surface area contributed by atoms with Crippen molar-refractivity contribution in [3.8, 4) is 22.5 Å². The normalized spacial score (nSPS) is 10.6. The Kier molecular flexibility index (Phi) is 4.59. The maximum absolute atomic E-state index is 4.89. The van der Waals surface area contributed by atoms with Gasteiger partial charge in [0.2, 0.25) is 0 Å². The van der Waals surface area contributed by atoms with E-state index in [1.165, 1.54) is 6.42 Å². The molecule has 0 saturated carbocycles. The SMILES string of the molecule is CCCCc1cnc(-c2ccccc2)c(-c2ccccc2)n1. The van der Waals surface area contributed by atoms with Crippen molar-refractivity contribution in [3.63, 3.8) is 0 Å². The van der Waals surface area contributed by atoms with Gasteiger partial charge in [0.15, 0.2) is 0 Å². The predicted octanol–water partition coefficient (Wildman–Crippen LogP) is 5.15. The molecule has 2 heteroatoms. The van der Waals surface area contributed by atoms with E-state index < -0.39 is 0 Å². The Morgan fingerprint density at radius 1 is 0.773 bits per heavy atom. The van der Waals surface area contributed by atoms with Crippen molar-refractivity contribution in [1.82, 2.24) is 9.97 Å². The van der Waals surface area contributed by atoms with Gasteiger partial charge in [-0.3, -0.25) is 4.98 Å². The number of aryl methyl sites for hydroxylation is 1. The minimum absolute atomic E-state index is 0.951. The summed E-state index contributed by atoms with van der Waals surface area (Å²) < 4.78 is 0. The lowest BCUT2D eigenvalue weighted by Gasteiger charge is -2.10. The molecule has 0 aliphatic rings. The molecule has 0 aliphatic heterocycles. The average Bonchev–Trinajstić information content (AvgIpc) is 2.61. The molecule has 3 aromatic rings. The molecular formula is C20H20N2. The van der Waals surface area contributed by atoms with Crippen LogP contribution in [-0.4, -0.2) is 9.97 Å². The molecule has 1 aromatic heterocycles. The van der Waals surface area contributed by atoms with Crippen LogP contribution in [0.5, 0.6) is 0 Å². The third-order valence-electron chi connectivity index (χ3n) is 3.70. The number of nitrogens with zero attached hydrogens (tertiary/aromatic N) is 2. The molecule has 0 atom stereocenters. The van der Waals surface area contributed by atoms with E-state index in [0.29, 0.717) is 0 Å². The van der Waals surface area contributed by atoms with E-state index in [1.807, 2.05) is 42.6 Å². The minimum atomic E-state index is 0.951. The van der Waals surface area contributed by atoms with Crippen molar-refractivity contribution in [2.45, 2.75) is 26.2 Å². The molecule has 0 aliphatic carbocycles. The lowest BCUT2D eigenvalue weighted by atomic mass is 10.0. The van der Waals surface area contributed by atoms with Gasteiger partial charge in [-0.15, -0.1) is 0 Å². The molecule has 0 saturated heterocycles. The van der Waals surface area contributed by atoms with Crippen LogP contribution in [0.3, 0.4) is 0 Å². The number of hydrogen-bond acceptors (Lipinski definition) is 2. The van der Waals surface area contributed by atoms with Gasteiger partial charge in [0, 0.05) is 17.3 Å². The van der Waals surface area contributed by atoms with Gasteiger partial charge < -0.3 is 0 Å². The Bertz CT molecular complexity index is 721. The molecule has 0 N–H and O–H groups in total. The van der Waals surface area contributed by atoms with Crippen molar-refractivity contribution < 1.29 is 0 Å². The van der Waals surface area contributed by atoms with Gasteiger partial charge >= 0.3 is 0 Å². The highest BCUT2D eigenvalue weighted by Crippen LogP contribution is 2.28. The summed E-state index contributed by atoms with van der Waals surface area (Å²) in [7, 11) is 0. The van der Waals surface area contributed by atoms with E-state index in [2.05, 4.69) is 31.2 Å². The van der Waals surface area contributed by atoms with Gasteiger partial charge in [0.1, 0.15) is 0 Å². The second kappa shape index (κ2) is 6.99. The third kappa shape index (κ3) is 3.22. The van der Waals surface area contributed by atoms with Crippen molar-refractivity contribution in [2.75, 3.05) is 0 Å². The van der Waals surface area contributed by atoms with E-state index in [-0.39, 0.29) is 0 Å². The molecule has 0 unspecified atom stereocenters. The second-order valence-electron chi connectivity index (χ2n) is 5.39. The van der Waals surface area contributed by atoms with E-state index >= 15 is 0 Å². The average molecular weight is 288 g/mol. The van der Waals surface area contributed by atoms with Crippen molar-refractivity contribution in [2.24, 2.45) is 0 Å². The molecule has 2 nitrogen and oxygen atoms in total. The van der Waals surface area contributed by atoms with Gasteiger partial charge in [-0.2, -0.15) is 0 Å². The standard InChI is InChI=1S/C20H20N2/c1-2-3-14-18-15-21-19(16-10-6-4-7-11-16)20(22-18)17-12-8-5-9-13-17/h4-13,15H,2-3,14H2,1H3. The van der Waals surface area contributed by atoms with E-state index in [9.17, 15) is 0 Å². The first-order chi connectivity index (χ1) is 10.9. The Hall–Kier alpha value is -2.48. The highest BCUT2D eigenvalue weighted by molar-refractivity contribution is 5.77. The molecule has 2 aromatic carbocycles. The monoisotopic (exact) mass is 288 g/mol. The van der Waals surface area contributed by atoms with E-state index in [1.54, 1.807) is 0 Å². The van der Waals surface area contributed by atoms with Crippen LogP contribution < -0.4 is 0 Å². The summed E-state index contributed by atoms with van der Waals surface area (Å²) in [4.78, 5) is 9.61. The highest BCUT2D eigenvalue weighted by atomic mass is 14.8. The summed E-state index contributed by atoms with van der Waals surface area (Å²) in [6.07, 6.45) is 5.22. The molecule has 0 bridgehead atoms. The number of hydrogen-bond donors (Lipinski definition) is 0. The molecular weight excluding hydrogens is 268 g/mol. The van der Waals surface area contributed by atoms with E-state index in [4.69, 9.17) is 9.97 Å². The molecule has 0 amide bonds. The lowest BCUT2D eigenvalue weighted by Crippen LogP contribution is -1.98. The number of rotatable bonds is 5. The Balaban J connectivity index is 2.09. The van der Waals surface area contributed by atoms with Gasteiger partial charge in [-0.1, -0.05) is 74.0 Å².